The zero-order chi connectivity index (χ0) is 28.8. The van der Waals surface area contributed by atoms with E-state index < -0.39 is 36.2 Å². The van der Waals surface area contributed by atoms with Crippen LogP contribution in [0.4, 0.5) is 26.3 Å². The lowest BCUT2D eigenvalue weighted by molar-refractivity contribution is -0.369. The summed E-state index contributed by atoms with van der Waals surface area (Å²) in [6.45, 7) is 9.01. The van der Waals surface area contributed by atoms with Crippen LogP contribution in [0.15, 0.2) is 36.4 Å². The standard InChI is InChI=1S/C29H39F6NO2/c1-5-26(6-2,24-12-13-25(21(4)19-24)38-17-9-7-8-16-36)23-11-10-22(20(3)18-23)14-15-27(37,28(30,31)32)29(33,34)35/h10-13,18-19,37H,5-9,14-17,36H2,1-4H3. The lowest BCUT2D eigenvalue weighted by Gasteiger charge is -2.35. The number of ether oxygens (including phenoxy) is 1. The number of hydrogen-bond donors (Lipinski definition) is 2. The van der Waals surface area contributed by atoms with Gasteiger partial charge in [-0.15, -0.1) is 0 Å². The second-order valence-electron chi connectivity index (χ2n) is 9.96. The molecule has 2 aromatic rings. The van der Waals surface area contributed by atoms with Crippen molar-refractivity contribution in [3.8, 4) is 5.75 Å². The summed E-state index contributed by atoms with van der Waals surface area (Å²) >= 11 is 0. The molecule has 9 heteroatoms. The van der Waals surface area contributed by atoms with Gasteiger partial charge in [0.2, 0.25) is 0 Å². The largest absolute Gasteiger partial charge is 0.493 e. The Kier molecular flexibility index (Phi) is 10.7. The van der Waals surface area contributed by atoms with E-state index in [0.29, 0.717) is 24.3 Å². The molecule has 0 aliphatic rings. The third-order valence-electron chi connectivity index (χ3n) is 7.63. The topological polar surface area (TPSA) is 55.5 Å². The first-order chi connectivity index (χ1) is 17.7. The van der Waals surface area contributed by atoms with Gasteiger partial charge in [-0.1, -0.05) is 44.2 Å². The quantitative estimate of drug-likeness (QED) is 0.200. The molecule has 2 rings (SSSR count). The Hall–Kier alpha value is -2.26. The molecule has 0 saturated heterocycles. The minimum atomic E-state index is -5.82. The normalized spacial score (nSPS) is 13.2. The molecular formula is C29H39F6NO2. The van der Waals surface area contributed by atoms with E-state index in [4.69, 9.17) is 10.5 Å². The van der Waals surface area contributed by atoms with Crippen LogP contribution >= 0.6 is 0 Å². The maximum atomic E-state index is 13.1. The summed E-state index contributed by atoms with van der Waals surface area (Å²) in [4.78, 5) is 0. The minimum Gasteiger partial charge on any atom is -0.493 e. The highest BCUT2D eigenvalue weighted by molar-refractivity contribution is 5.47. The average molecular weight is 548 g/mol. The summed E-state index contributed by atoms with van der Waals surface area (Å²) in [6, 6.07) is 11.2. The summed E-state index contributed by atoms with van der Waals surface area (Å²) in [5.74, 6) is 0.802. The Morgan fingerprint density at radius 1 is 0.789 bits per heavy atom. The van der Waals surface area contributed by atoms with Crippen LogP contribution in [0, 0.1) is 13.8 Å². The number of unbranched alkanes of at least 4 members (excludes halogenated alkanes) is 2. The summed E-state index contributed by atoms with van der Waals surface area (Å²) < 4.78 is 84.5. The van der Waals surface area contributed by atoms with E-state index in [1.54, 1.807) is 19.1 Å². The molecule has 38 heavy (non-hydrogen) atoms. The summed E-state index contributed by atoms with van der Waals surface area (Å²) in [7, 11) is 0. The number of hydrogen-bond acceptors (Lipinski definition) is 3. The zero-order valence-corrected chi connectivity index (χ0v) is 22.5. The molecular weight excluding hydrogens is 508 g/mol. The van der Waals surface area contributed by atoms with Crippen LogP contribution in [0.1, 0.15) is 80.2 Å². The predicted molar refractivity (Wildman–Crippen MR) is 138 cm³/mol. The lowest BCUT2D eigenvalue weighted by Crippen LogP contribution is -2.57. The van der Waals surface area contributed by atoms with Crippen molar-refractivity contribution in [1.29, 1.82) is 0 Å². The number of nitrogens with two attached hydrogens (primary N) is 1. The second-order valence-corrected chi connectivity index (χ2v) is 9.96. The van der Waals surface area contributed by atoms with Crippen molar-refractivity contribution in [2.45, 2.75) is 96.0 Å². The minimum absolute atomic E-state index is 0.330. The smallest absolute Gasteiger partial charge is 0.426 e. The molecule has 0 bridgehead atoms. The Morgan fingerprint density at radius 3 is 1.82 bits per heavy atom. The molecule has 0 atom stereocenters. The Labute approximate surface area is 221 Å². The van der Waals surface area contributed by atoms with Gasteiger partial charge in [0.15, 0.2) is 0 Å². The van der Waals surface area contributed by atoms with Gasteiger partial charge >= 0.3 is 12.4 Å². The van der Waals surface area contributed by atoms with Crippen molar-refractivity contribution in [1.82, 2.24) is 0 Å². The van der Waals surface area contributed by atoms with E-state index in [1.807, 2.05) is 25.1 Å². The highest BCUT2D eigenvalue weighted by Crippen LogP contribution is 2.46. The molecule has 3 N–H and O–H groups in total. The van der Waals surface area contributed by atoms with E-state index in [0.717, 1.165) is 54.5 Å². The fourth-order valence-electron chi connectivity index (χ4n) is 4.98. The van der Waals surface area contributed by atoms with Gasteiger partial charge in [0.05, 0.1) is 6.61 Å². The molecule has 0 amide bonds. The maximum absolute atomic E-state index is 13.1. The molecule has 0 radical (unpaired) electrons. The van der Waals surface area contributed by atoms with Gasteiger partial charge in [0.1, 0.15) is 5.75 Å². The molecule has 214 valence electrons. The fourth-order valence-corrected chi connectivity index (χ4v) is 4.98. The molecule has 3 nitrogen and oxygen atoms in total. The van der Waals surface area contributed by atoms with Crippen LogP contribution < -0.4 is 10.5 Å². The van der Waals surface area contributed by atoms with Crippen LogP contribution in [0.5, 0.6) is 5.75 Å². The monoisotopic (exact) mass is 547 g/mol. The first-order valence-electron chi connectivity index (χ1n) is 13.1. The lowest BCUT2D eigenvalue weighted by atomic mass is 9.69. The highest BCUT2D eigenvalue weighted by Gasteiger charge is 2.69. The summed E-state index contributed by atoms with van der Waals surface area (Å²) in [5.41, 5.74) is 4.26. The van der Waals surface area contributed by atoms with E-state index in [9.17, 15) is 31.4 Å². The molecule has 0 heterocycles. The summed E-state index contributed by atoms with van der Waals surface area (Å²) in [5, 5.41) is 9.52. The van der Waals surface area contributed by atoms with Gasteiger partial charge in [-0.3, -0.25) is 0 Å². The van der Waals surface area contributed by atoms with Crippen molar-refractivity contribution in [3.63, 3.8) is 0 Å². The number of benzene rings is 2. The van der Waals surface area contributed by atoms with Crippen molar-refractivity contribution in [2.75, 3.05) is 13.2 Å². The van der Waals surface area contributed by atoms with Crippen LogP contribution in [0.25, 0.3) is 0 Å². The number of halogens is 6. The van der Waals surface area contributed by atoms with Crippen LogP contribution in [-0.4, -0.2) is 36.2 Å². The molecule has 0 saturated carbocycles. The Bertz CT molecular complexity index is 1030. The fraction of sp³-hybridized carbons (Fsp3) is 0.586. The second kappa shape index (κ2) is 12.7. The molecule has 2 aromatic carbocycles. The molecule has 0 fully saturated rings. The first-order valence-corrected chi connectivity index (χ1v) is 13.1. The number of alkyl halides is 6. The van der Waals surface area contributed by atoms with Crippen molar-refractivity contribution < 1.29 is 36.2 Å². The van der Waals surface area contributed by atoms with Crippen LogP contribution in [-0.2, 0) is 11.8 Å². The van der Waals surface area contributed by atoms with Crippen molar-refractivity contribution >= 4 is 0 Å². The van der Waals surface area contributed by atoms with E-state index in [2.05, 4.69) is 19.9 Å². The molecule has 0 aliphatic carbocycles. The highest BCUT2D eigenvalue weighted by atomic mass is 19.4. The molecule has 0 aromatic heterocycles. The van der Waals surface area contributed by atoms with Gasteiger partial charge < -0.3 is 15.6 Å². The Morgan fingerprint density at radius 2 is 1.34 bits per heavy atom. The third kappa shape index (κ3) is 6.84. The van der Waals surface area contributed by atoms with Crippen LogP contribution in [0.3, 0.4) is 0 Å². The number of aryl methyl sites for hydroxylation is 3. The van der Waals surface area contributed by atoms with Gasteiger partial charge in [0, 0.05) is 5.41 Å². The van der Waals surface area contributed by atoms with Gasteiger partial charge in [-0.05, 0) is 99.2 Å². The van der Waals surface area contributed by atoms with Crippen molar-refractivity contribution in [2.24, 2.45) is 5.73 Å². The van der Waals surface area contributed by atoms with E-state index >= 15 is 0 Å². The predicted octanol–water partition coefficient (Wildman–Crippen LogP) is 7.71. The van der Waals surface area contributed by atoms with Crippen LogP contribution in [0.2, 0.25) is 0 Å². The van der Waals surface area contributed by atoms with Gasteiger partial charge in [-0.2, -0.15) is 26.3 Å². The van der Waals surface area contributed by atoms with E-state index in [-0.39, 0.29) is 0 Å². The molecule has 0 unspecified atom stereocenters. The Balaban J connectivity index is 2.31. The first kappa shape index (κ1) is 32.0. The summed E-state index contributed by atoms with van der Waals surface area (Å²) in [6.07, 6.45) is -9.35. The maximum Gasteiger partial charge on any atom is 0.426 e. The SMILES string of the molecule is CCC(CC)(c1ccc(CCC(O)(C(F)(F)F)C(F)(F)F)c(C)c1)c1ccc(OCCCCCN)c(C)c1. The van der Waals surface area contributed by atoms with Crippen molar-refractivity contribution in [3.05, 3.63) is 64.2 Å². The van der Waals surface area contributed by atoms with E-state index in [1.165, 1.54) is 0 Å². The van der Waals surface area contributed by atoms with Gasteiger partial charge in [-0.25, -0.2) is 0 Å². The third-order valence-corrected chi connectivity index (χ3v) is 7.63. The number of rotatable bonds is 13. The average Bonchev–Trinajstić information content (AvgIpc) is 2.84. The zero-order valence-electron chi connectivity index (χ0n) is 22.5. The molecule has 0 aliphatic heterocycles. The van der Waals surface area contributed by atoms with Gasteiger partial charge in [0.25, 0.3) is 5.60 Å². The molecule has 0 spiro atoms. The number of aliphatic hydroxyl groups is 1.